The number of likely N-dealkylation sites (N-methyl/N-ethyl adjacent to an activating group) is 1. The van der Waals surface area contributed by atoms with E-state index in [1.165, 1.54) is 24.9 Å². The fraction of sp³-hybridized carbons (Fsp3) is 0.700. The van der Waals surface area contributed by atoms with Crippen LogP contribution in [-0.2, 0) is 4.79 Å². The molecule has 1 aromatic heterocycles. The summed E-state index contributed by atoms with van der Waals surface area (Å²) in [4.78, 5) is 26.7. The summed E-state index contributed by atoms with van der Waals surface area (Å²) < 4.78 is 0. The maximum absolute atomic E-state index is 13.0. The molecule has 0 bridgehead atoms. The zero-order valence-electron chi connectivity index (χ0n) is 16.1. The Balaban J connectivity index is 1.41. The quantitative estimate of drug-likeness (QED) is 0.811. The Kier molecular flexibility index (Phi) is 3.52. The van der Waals surface area contributed by atoms with E-state index in [9.17, 15) is 4.79 Å². The first kappa shape index (κ1) is 16.4. The van der Waals surface area contributed by atoms with Gasteiger partial charge in [0.2, 0.25) is 0 Å². The van der Waals surface area contributed by atoms with Gasteiger partial charge < -0.3 is 14.7 Å². The molecule has 1 aliphatic carbocycles. The predicted octanol–water partition coefficient (Wildman–Crippen LogP) is 1.95. The summed E-state index contributed by atoms with van der Waals surface area (Å²) in [6.07, 6.45) is 6.15. The number of rotatable bonds is 2. The van der Waals surface area contributed by atoms with E-state index in [-0.39, 0.29) is 11.9 Å². The summed E-state index contributed by atoms with van der Waals surface area (Å²) >= 11 is 0. The lowest BCUT2D eigenvalue weighted by Gasteiger charge is -2.57. The molecule has 1 amide bonds. The summed E-state index contributed by atoms with van der Waals surface area (Å²) in [5, 5.41) is 0. The summed E-state index contributed by atoms with van der Waals surface area (Å²) in [7, 11) is 1.90. The highest BCUT2D eigenvalue weighted by atomic mass is 16.2. The molecule has 0 N–H and O–H groups in total. The van der Waals surface area contributed by atoms with Crippen LogP contribution in [0.1, 0.15) is 33.1 Å². The van der Waals surface area contributed by atoms with Gasteiger partial charge in [-0.3, -0.25) is 9.69 Å². The van der Waals surface area contributed by atoms with E-state index in [0.29, 0.717) is 11.5 Å². The smallest absolute Gasteiger partial charge is 0.250 e. The molecule has 1 atom stereocenters. The monoisotopic (exact) mass is 355 g/mol. The first-order valence-corrected chi connectivity index (χ1v) is 10.0. The van der Waals surface area contributed by atoms with Crippen LogP contribution >= 0.6 is 0 Å². The third kappa shape index (κ3) is 2.27. The first-order valence-electron chi connectivity index (χ1n) is 10.0. The van der Waals surface area contributed by atoms with Crippen molar-refractivity contribution in [2.75, 3.05) is 54.5 Å². The molecule has 3 fully saturated rings. The zero-order valence-corrected chi connectivity index (χ0v) is 16.1. The van der Waals surface area contributed by atoms with Crippen molar-refractivity contribution in [3.63, 3.8) is 0 Å². The molecule has 1 spiro atoms. The number of pyridine rings is 1. The van der Waals surface area contributed by atoms with Gasteiger partial charge in [-0.15, -0.1) is 0 Å². The normalized spacial score (nSPS) is 27.3. The molecule has 1 saturated carbocycles. The van der Waals surface area contributed by atoms with E-state index in [4.69, 9.17) is 4.98 Å². The van der Waals surface area contributed by atoms with Gasteiger partial charge in [0.1, 0.15) is 6.04 Å². The average molecular weight is 355 g/mol. The molecule has 0 unspecified atom stereocenters. The third-order valence-electron chi connectivity index (χ3n) is 7.06. The van der Waals surface area contributed by atoms with Crippen molar-refractivity contribution in [1.82, 2.24) is 9.88 Å². The second-order valence-electron chi connectivity index (χ2n) is 8.94. The van der Waals surface area contributed by atoms with E-state index in [2.05, 4.69) is 34.6 Å². The molecule has 26 heavy (non-hydrogen) atoms. The summed E-state index contributed by atoms with van der Waals surface area (Å²) in [5.74, 6) is 1.17. The van der Waals surface area contributed by atoms with Crippen LogP contribution < -0.4 is 14.7 Å². The SMILES string of the molecule is CC(C)N1CCN2c3ncc(N4CC5(CCC5)C4)cc3N(C)C(=O)[C@H]2C1. The van der Waals surface area contributed by atoms with Gasteiger partial charge in [-0.05, 0) is 32.8 Å². The van der Waals surface area contributed by atoms with Gasteiger partial charge in [-0.1, -0.05) is 6.42 Å². The predicted molar refractivity (Wildman–Crippen MR) is 104 cm³/mol. The second kappa shape index (κ2) is 5.59. The molecular weight excluding hydrogens is 326 g/mol. The van der Waals surface area contributed by atoms with Gasteiger partial charge in [-0.25, -0.2) is 4.98 Å². The third-order valence-corrected chi connectivity index (χ3v) is 7.06. The fourth-order valence-corrected chi connectivity index (χ4v) is 5.10. The molecule has 4 aliphatic rings. The van der Waals surface area contributed by atoms with Crippen LogP contribution in [0.3, 0.4) is 0 Å². The van der Waals surface area contributed by atoms with E-state index in [0.717, 1.165) is 44.2 Å². The highest BCUT2D eigenvalue weighted by molar-refractivity contribution is 6.05. The van der Waals surface area contributed by atoms with Crippen LogP contribution in [0.2, 0.25) is 0 Å². The molecule has 140 valence electrons. The average Bonchev–Trinajstić information content (AvgIpc) is 2.56. The second-order valence-corrected chi connectivity index (χ2v) is 8.94. The highest BCUT2D eigenvalue weighted by Crippen LogP contribution is 2.50. The van der Waals surface area contributed by atoms with Crippen molar-refractivity contribution in [2.24, 2.45) is 5.41 Å². The van der Waals surface area contributed by atoms with Crippen molar-refractivity contribution in [3.05, 3.63) is 12.3 Å². The highest BCUT2D eigenvalue weighted by Gasteiger charge is 2.48. The molecule has 0 radical (unpaired) electrons. The number of nitrogens with zero attached hydrogens (tertiary/aromatic N) is 5. The number of hydrogen-bond acceptors (Lipinski definition) is 5. The molecule has 6 nitrogen and oxygen atoms in total. The van der Waals surface area contributed by atoms with Crippen molar-refractivity contribution in [2.45, 2.75) is 45.2 Å². The molecule has 5 rings (SSSR count). The van der Waals surface area contributed by atoms with Crippen LogP contribution in [0.5, 0.6) is 0 Å². The minimum absolute atomic E-state index is 0.107. The summed E-state index contributed by atoms with van der Waals surface area (Å²) in [5.41, 5.74) is 2.73. The molecule has 1 aromatic rings. The number of aromatic nitrogens is 1. The number of fused-ring (bicyclic) bond motifs is 3. The number of hydrogen-bond donors (Lipinski definition) is 0. The van der Waals surface area contributed by atoms with E-state index in [1.807, 2.05) is 18.1 Å². The van der Waals surface area contributed by atoms with E-state index >= 15 is 0 Å². The van der Waals surface area contributed by atoms with Crippen LogP contribution in [0, 0.1) is 5.41 Å². The van der Waals surface area contributed by atoms with Crippen molar-refractivity contribution >= 4 is 23.1 Å². The summed E-state index contributed by atoms with van der Waals surface area (Å²) in [6, 6.07) is 2.54. The molecule has 2 saturated heterocycles. The Morgan fingerprint density at radius 2 is 2.00 bits per heavy atom. The molecular formula is C20H29N5O. The van der Waals surface area contributed by atoms with Crippen LogP contribution in [0.15, 0.2) is 12.3 Å². The maximum Gasteiger partial charge on any atom is 0.250 e. The maximum atomic E-state index is 13.0. The number of carbonyl (C=O) groups excluding carboxylic acids is 1. The van der Waals surface area contributed by atoms with Crippen molar-refractivity contribution < 1.29 is 4.79 Å². The Bertz CT molecular complexity index is 736. The van der Waals surface area contributed by atoms with E-state index in [1.54, 1.807) is 0 Å². The number of piperazine rings is 1. The van der Waals surface area contributed by atoms with Crippen LogP contribution in [0.25, 0.3) is 0 Å². The first-order chi connectivity index (χ1) is 12.5. The fourth-order valence-electron chi connectivity index (χ4n) is 5.10. The standard InChI is InChI=1S/C20H29N5O/c1-14(2)23-7-8-25-17(11-23)19(26)22(3)16-9-15(10-21-18(16)25)24-12-20(13-24)5-4-6-20/h9-10,14,17H,4-8,11-13H2,1-3H3/t17-/m1/s1. The number of amides is 1. The molecule has 0 aromatic carbocycles. The van der Waals surface area contributed by atoms with Gasteiger partial charge in [0.05, 0.1) is 17.6 Å². The largest absolute Gasteiger partial charge is 0.369 e. The molecule has 4 heterocycles. The Labute approximate surface area is 155 Å². The lowest BCUT2D eigenvalue weighted by molar-refractivity contribution is -0.121. The number of anilines is 3. The zero-order chi connectivity index (χ0) is 18.1. The van der Waals surface area contributed by atoms with Crippen molar-refractivity contribution in [3.8, 4) is 0 Å². The van der Waals surface area contributed by atoms with Crippen LogP contribution in [0.4, 0.5) is 17.2 Å². The minimum Gasteiger partial charge on any atom is -0.369 e. The van der Waals surface area contributed by atoms with E-state index < -0.39 is 0 Å². The Morgan fingerprint density at radius 3 is 2.65 bits per heavy atom. The molecule has 6 heteroatoms. The van der Waals surface area contributed by atoms with Gasteiger partial charge in [0, 0.05) is 51.2 Å². The van der Waals surface area contributed by atoms with Crippen LogP contribution in [-0.4, -0.2) is 67.6 Å². The van der Waals surface area contributed by atoms with Gasteiger partial charge in [-0.2, -0.15) is 0 Å². The van der Waals surface area contributed by atoms with Gasteiger partial charge in [0.15, 0.2) is 5.82 Å². The van der Waals surface area contributed by atoms with Crippen molar-refractivity contribution in [1.29, 1.82) is 0 Å². The Morgan fingerprint density at radius 1 is 1.23 bits per heavy atom. The lowest BCUT2D eigenvalue weighted by atomic mass is 9.63. The summed E-state index contributed by atoms with van der Waals surface area (Å²) in [6.45, 7) is 9.36. The van der Waals surface area contributed by atoms with Gasteiger partial charge >= 0.3 is 0 Å². The molecule has 3 aliphatic heterocycles. The minimum atomic E-state index is -0.107. The Hall–Kier alpha value is -1.82. The van der Waals surface area contributed by atoms with Gasteiger partial charge in [0.25, 0.3) is 5.91 Å². The lowest BCUT2D eigenvalue weighted by Crippen LogP contribution is -2.63. The number of carbonyl (C=O) groups is 1. The topological polar surface area (TPSA) is 42.9 Å².